The summed E-state index contributed by atoms with van der Waals surface area (Å²) in [6.07, 6.45) is 1.32. The highest BCUT2D eigenvalue weighted by atomic mass is 32.1. The lowest BCUT2D eigenvalue weighted by molar-refractivity contribution is -0.140. The molecular formula is C30H27N3O4S. The van der Waals surface area contributed by atoms with Crippen LogP contribution in [0.15, 0.2) is 76.8 Å². The van der Waals surface area contributed by atoms with E-state index in [2.05, 4.69) is 15.5 Å². The Kier molecular flexibility index (Phi) is 6.21. The van der Waals surface area contributed by atoms with Crippen molar-refractivity contribution in [3.63, 3.8) is 0 Å². The van der Waals surface area contributed by atoms with Crippen LogP contribution in [0.2, 0.25) is 0 Å². The zero-order valence-corrected chi connectivity index (χ0v) is 21.9. The molecule has 0 aliphatic heterocycles. The molecule has 1 fully saturated rings. The number of ether oxygens (including phenoxy) is 1. The van der Waals surface area contributed by atoms with Crippen LogP contribution in [0.5, 0.6) is 0 Å². The summed E-state index contributed by atoms with van der Waals surface area (Å²) in [7, 11) is 0. The Morgan fingerprint density at radius 2 is 1.84 bits per heavy atom. The second-order valence-electron chi connectivity index (χ2n) is 9.67. The van der Waals surface area contributed by atoms with Crippen LogP contribution >= 0.6 is 11.3 Å². The first-order chi connectivity index (χ1) is 18.5. The van der Waals surface area contributed by atoms with Gasteiger partial charge in [0.15, 0.2) is 5.76 Å². The van der Waals surface area contributed by atoms with Gasteiger partial charge in [0.2, 0.25) is 0 Å². The average Bonchev–Trinajstić information content (AvgIpc) is 3.48. The van der Waals surface area contributed by atoms with Crippen molar-refractivity contribution >= 4 is 33.2 Å². The zero-order chi connectivity index (χ0) is 26.3. The molecule has 0 radical (unpaired) electrons. The molecule has 2 N–H and O–H groups in total. The summed E-state index contributed by atoms with van der Waals surface area (Å²) >= 11 is 1.55. The maximum Gasteiger partial charge on any atom is 0.314 e. The quantitative estimate of drug-likeness (QED) is 0.197. The fourth-order valence-corrected chi connectivity index (χ4v) is 5.73. The fraction of sp³-hybridized carbons (Fsp3) is 0.233. The number of benzene rings is 3. The van der Waals surface area contributed by atoms with E-state index < -0.39 is 11.4 Å². The molecule has 2 aromatic heterocycles. The van der Waals surface area contributed by atoms with Crippen molar-refractivity contribution in [2.24, 2.45) is 0 Å². The first kappa shape index (κ1) is 24.3. The minimum atomic E-state index is -0.747. The van der Waals surface area contributed by atoms with Crippen LogP contribution < -0.4 is 5.32 Å². The standard InChI is InChI=1S/C30H27N3O4S/c1-18-25(31-16-36-19(2)20-6-4-3-5-7-20)27(37-33-18)24-13-12-23(26-28(24)38-17-32-26)21-8-10-22(11-9-21)30(14-15-30)29(34)35/h3-13,17,19,31H,14-16H2,1-2H3,(H,34,35). The Bertz CT molecular complexity index is 1600. The van der Waals surface area contributed by atoms with Crippen LogP contribution in [0.4, 0.5) is 5.69 Å². The summed E-state index contributed by atoms with van der Waals surface area (Å²) in [5.41, 5.74) is 8.39. The van der Waals surface area contributed by atoms with E-state index in [9.17, 15) is 9.90 Å². The van der Waals surface area contributed by atoms with Crippen molar-refractivity contribution in [2.75, 3.05) is 12.0 Å². The van der Waals surface area contributed by atoms with E-state index in [-0.39, 0.29) is 6.10 Å². The van der Waals surface area contributed by atoms with E-state index >= 15 is 0 Å². The second-order valence-corrected chi connectivity index (χ2v) is 10.5. The van der Waals surface area contributed by atoms with Gasteiger partial charge in [0.1, 0.15) is 18.1 Å². The highest BCUT2D eigenvalue weighted by molar-refractivity contribution is 7.17. The molecule has 5 aromatic rings. The van der Waals surface area contributed by atoms with E-state index in [1.54, 1.807) is 11.3 Å². The number of carboxylic acids is 1. The van der Waals surface area contributed by atoms with E-state index in [4.69, 9.17) is 9.26 Å². The highest BCUT2D eigenvalue weighted by Crippen LogP contribution is 2.49. The van der Waals surface area contributed by atoms with E-state index in [0.717, 1.165) is 49.4 Å². The molecule has 3 aromatic carbocycles. The minimum Gasteiger partial charge on any atom is -0.481 e. The third-order valence-corrected chi connectivity index (χ3v) is 8.21. The van der Waals surface area contributed by atoms with Crippen LogP contribution in [-0.4, -0.2) is 27.9 Å². The number of carbonyl (C=O) groups is 1. The van der Waals surface area contributed by atoms with Crippen LogP contribution in [0.3, 0.4) is 0 Å². The predicted molar refractivity (Wildman–Crippen MR) is 148 cm³/mol. The van der Waals surface area contributed by atoms with Gasteiger partial charge in [-0.3, -0.25) is 4.79 Å². The Morgan fingerprint density at radius 1 is 1.11 bits per heavy atom. The molecule has 7 nitrogen and oxygen atoms in total. The molecule has 1 aliphatic rings. The van der Waals surface area contributed by atoms with Gasteiger partial charge in [0.05, 0.1) is 27.2 Å². The van der Waals surface area contributed by atoms with Gasteiger partial charge in [0.25, 0.3) is 0 Å². The minimum absolute atomic E-state index is 0.0588. The number of hydrogen-bond donors (Lipinski definition) is 2. The summed E-state index contributed by atoms with van der Waals surface area (Å²) in [6.45, 7) is 4.23. The molecule has 0 saturated heterocycles. The number of nitrogens with zero attached hydrogens (tertiary/aromatic N) is 2. The number of rotatable bonds is 9. The van der Waals surface area contributed by atoms with Crippen molar-refractivity contribution < 1.29 is 19.2 Å². The van der Waals surface area contributed by atoms with E-state index in [1.807, 2.05) is 86.1 Å². The Hall–Kier alpha value is -4.01. The fourth-order valence-electron chi connectivity index (χ4n) is 4.90. The molecule has 1 unspecified atom stereocenters. The molecule has 192 valence electrons. The van der Waals surface area contributed by atoms with Gasteiger partial charge in [0, 0.05) is 11.1 Å². The first-order valence-corrected chi connectivity index (χ1v) is 13.4. The largest absolute Gasteiger partial charge is 0.481 e. The van der Waals surface area contributed by atoms with Crippen LogP contribution in [0.1, 0.15) is 42.7 Å². The molecular weight excluding hydrogens is 498 g/mol. The van der Waals surface area contributed by atoms with Gasteiger partial charge >= 0.3 is 5.97 Å². The lowest BCUT2D eigenvalue weighted by Gasteiger charge is -2.15. The van der Waals surface area contributed by atoms with Gasteiger partial charge < -0.3 is 19.7 Å². The first-order valence-electron chi connectivity index (χ1n) is 12.6. The second kappa shape index (κ2) is 9.70. The summed E-state index contributed by atoms with van der Waals surface area (Å²) in [5, 5.41) is 17.2. The lowest BCUT2D eigenvalue weighted by Crippen LogP contribution is -2.19. The molecule has 6 rings (SSSR count). The number of fused-ring (bicyclic) bond motifs is 1. The van der Waals surface area contributed by atoms with Crippen molar-refractivity contribution in [1.29, 1.82) is 0 Å². The van der Waals surface area contributed by atoms with Gasteiger partial charge in [-0.1, -0.05) is 65.8 Å². The number of aliphatic carboxylic acids is 1. The third kappa shape index (κ3) is 4.25. The molecule has 1 aliphatic carbocycles. The maximum absolute atomic E-state index is 11.7. The molecule has 0 spiro atoms. The smallest absolute Gasteiger partial charge is 0.314 e. The molecule has 0 bridgehead atoms. The third-order valence-electron chi connectivity index (χ3n) is 7.35. The number of aromatic nitrogens is 2. The van der Waals surface area contributed by atoms with Crippen molar-refractivity contribution in [3.05, 3.63) is 89.1 Å². The lowest BCUT2D eigenvalue weighted by atomic mass is 9.93. The van der Waals surface area contributed by atoms with Crippen molar-refractivity contribution in [1.82, 2.24) is 10.1 Å². The van der Waals surface area contributed by atoms with Crippen molar-refractivity contribution in [2.45, 2.75) is 38.2 Å². The Morgan fingerprint density at radius 3 is 2.55 bits per heavy atom. The van der Waals surface area contributed by atoms with Gasteiger partial charge in [-0.2, -0.15) is 0 Å². The molecule has 1 atom stereocenters. The SMILES string of the molecule is Cc1noc(-c2ccc(-c3ccc(C4(C(=O)O)CC4)cc3)c3ncsc23)c1NCOC(C)c1ccccc1. The van der Waals surface area contributed by atoms with Gasteiger partial charge in [-0.05, 0) is 49.4 Å². The number of hydrogen-bond acceptors (Lipinski definition) is 7. The highest BCUT2D eigenvalue weighted by Gasteiger charge is 2.51. The van der Waals surface area contributed by atoms with Crippen LogP contribution in [0, 0.1) is 6.92 Å². The van der Waals surface area contributed by atoms with Crippen molar-refractivity contribution in [3.8, 4) is 22.5 Å². The molecule has 2 heterocycles. The summed E-state index contributed by atoms with van der Waals surface area (Å²) < 4.78 is 12.8. The summed E-state index contributed by atoms with van der Waals surface area (Å²) in [4.78, 5) is 16.4. The summed E-state index contributed by atoms with van der Waals surface area (Å²) in [5.74, 6) is -0.102. The molecule has 1 saturated carbocycles. The zero-order valence-electron chi connectivity index (χ0n) is 21.1. The van der Waals surface area contributed by atoms with Crippen LogP contribution in [-0.2, 0) is 14.9 Å². The molecule has 8 heteroatoms. The number of carboxylic acid groups (broad SMARTS) is 1. The van der Waals surface area contributed by atoms with Gasteiger partial charge in [-0.25, -0.2) is 4.98 Å². The number of aryl methyl sites for hydroxylation is 1. The number of nitrogens with one attached hydrogen (secondary N) is 1. The Labute approximate surface area is 224 Å². The van der Waals surface area contributed by atoms with Crippen LogP contribution in [0.25, 0.3) is 32.7 Å². The maximum atomic E-state index is 11.7. The van der Waals surface area contributed by atoms with Gasteiger partial charge in [-0.15, -0.1) is 11.3 Å². The average molecular weight is 526 g/mol. The number of thiazole rings is 1. The topological polar surface area (TPSA) is 97.5 Å². The molecule has 38 heavy (non-hydrogen) atoms. The van der Waals surface area contributed by atoms with E-state index in [1.165, 1.54) is 0 Å². The molecule has 0 amide bonds. The predicted octanol–water partition coefficient (Wildman–Crippen LogP) is 7.19. The monoisotopic (exact) mass is 525 g/mol. The van der Waals surface area contributed by atoms with E-state index in [0.29, 0.717) is 25.3 Å². The number of anilines is 1. The Balaban J connectivity index is 1.26. The normalized spacial score (nSPS) is 14.9. The summed E-state index contributed by atoms with van der Waals surface area (Å²) in [6, 6.07) is 22.0.